The average Bonchev–Trinajstić information content (AvgIpc) is 3.01. The lowest BCUT2D eigenvalue weighted by atomic mass is 10.2. The molecular formula is C13H19N7O. The normalized spacial score (nSPS) is 20.3. The lowest BCUT2D eigenvalue weighted by molar-refractivity contribution is 0.313. The standard InChI is InChI=1S/C13H19N7O/c1-2-4-6-19(5-3-1)13-15-12(21-17-13)11-9-20(18-16-11)10-7-14-8-10/h9-10,14H,1-8H2. The van der Waals surface area contributed by atoms with Crippen LogP contribution in [0, 0.1) is 0 Å². The molecular weight excluding hydrogens is 270 g/mol. The monoisotopic (exact) mass is 289 g/mol. The summed E-state index contributed by atoms with van der Waals surface area (Å²) in [6.45, 7) is 3.87. The SMILES string of the molecule is c1c(-c2nc(N3CCCCCC3)no2)nnn1C1CNC1. The molecule has 2 aliphatic rings. The van der Waals surface area contributed by atoms with E-state index in [4.69, 9.17) is 4.52 Å². The molecule has 0 aliphatic carbocycles. The molecule has 4 rings (SSSR count). The number of anilines is 1. The Morgan fingerprint density at radius 3 is 2.67 bits per heavy atom. The van der Waals surface area contributed by atoms with E-state index in [9.17, 15) is 0 Å². The second kappa shape index (κ2) is 5.44. The molecule has 0 saturated carbocycles. The highest BCUT2D eigenvalue weighted by atomic mass is 16.5. The summed E-state index contributed by atoms with van der Waals surface area (Å²) in [5, 5.41) is 15.6. The minimum absolute atomic E-state index is 0.388. The molecule has 8 heteroatoms. The van der Waals surface area contributed by atoms with Gasteiger partial charge in [-0.05, 0) is 18.0 Å². The fraction of sp³-hybridized carbons (Fsp3) is 0.692. The molecule has 21 heavy (non-hydrogen) atoms. The molecule has 0 spiro atoms. The van der Waals surface area contributed by atoms with Gasteiger partial charge < -0.3 is 14.7 Å². The third-order valence-corrected chi connectivity index (χ3v) is 4.17. The number of nitrogens with one attached hydrogen (secondary N) is 1. The third-order valence-electron chi connectivity index (χ3n) is 4.17. The van der Waals surface area contributed by atoms with Crippen molar-refractivity contribution >= 4 is 5.95 Å². The Hall–Kier alpha value is -1.96. The summed E-state index contributed by atoms with van der Waals surface area (Å²) in [6, 6.07) is 0.388. The lowest BCUT2D eigenvalue weighted by Gasteiger charge is -2.26. The maximum atomic E-state index is 5.36. The first kappa shape index (κ1) is 12.8. The molecule has 112 valence electrons. The Labute approximate surface area is 122 Å². The van der Waals surface area contributed by atoms with Gasteiger partial charge >= 0.3 is 0 Å². The highest BCUT2D eigenvalue weighted by Gasteiger charge is 2.23. The maximum absolute atomic E-state index is 5.36. The molecule has 0 amide bonds. The van der Waals surface area contributed by atoms with Gasteiger partial charge in [-0.3, -0.25) is 0 Å². The zero-order chi connectivity index (χ0) is 14.1. The van der Waals surface area contributed by atoms with E-state index in [1.165, 1.54) is 25.7 Å². The Kier molecular flexibility index (Phi) is 3.30. The van der Waals surface area contributed by atoms with Crippen LogP contribution in [0.25, 0.3) is 11.6 Å². The van der Waals surface area contributed by atoms with E-state index in [0.717, 1.165) is 26.2 Å². The second-order valence-electron chi connectivity index (χ2n) is 5.70. The van der Waals surface area contributed by atoms with Crippen molar-refractivity contribution in [3.8, 4) is 11.6 Å². The van der Waals surface area contributed by atoms with E-state index >= 15 is 0 Å². The van der Waals surface area contributed by atoms with Gasteiger partial charge in [0.2, 0.25) is 0 Å². The first-order chi connectivity index (χ1) is 10.4. The molecule has 8 nitrogen and oxygen atoms in total. The summed E-state index contributed by atoms with van der Waals surface area (Å²) < 4.78 is 7.22. The summed E-state index contributed by atoms with van der Waals surface area (Å²) in [6.07, 6.45) is 6.82. The zero-order valence-electron chi connectivity index (χ0n) is 11.9. The molecule has 2 saturated heterocycles. The van der Waals surface area contributed by atoms with Crippen molar-refractivity contribution < 1.29 is 4.52 Å². The van der Waals surface area contributed by atoms with Crippen molar-refractivity contribution in [1.82, 2.24) is 30.5 Å². The molecule has 2 aromatic heterocycles. The van der Waals surface area contributed by atoms with Crippen LogP contribution in [0.5, 0.6) is 0 Å². The van der Waals surface area contributed by atoms with Crippen molar-refractivity contribution in [2.45, 2.75) is 31.7 Å². The number of nitrogens with zero attached hydrogens (tertiary/aromatic N) is 6. The molecule has 0 atom stereocenters. The average molecular weight is 289 g/mol. The topological polar surface area (TPSA) is 84.9 Å². The first-order valence-corrected chi connectivity index (χ1v) is 7.62. The van der Waals surface area contributed by atoms with Crippen LogP contribution in [-0.4, -0.2) is 51.3 Å². The Morgan fingerprint density at radius 2 is 1.95 bits per heavy atom. The summed E-state index contributed by atoms with van der Waals surface area (Å²) >= 11 is 0. The number of hydrogen-bond donors (Lipinski definition) is 1. The van der Waals surface area contributed by atoms with Crippen LogP contribution < -0.4 is 10.2 Å². The van der Waals surface area contributed by atoms with Gasteiger partial charge in [-0.25, -0.2) is 4.68 Å². The highest BCUT2D eigenvalue weighted by Crippen LogP contribution is 2.21. The molecule has 2 fully saturated rings. The quantitative estimate of drug-likeness (QED) is 0.896. The zero-order valence-corrected chi connectivity index (χ0v) is 11.9. The molecule has 1 N–H and O–H groups in total. The van der Waals surface area contributed by atoms with Gasteiger partial charge in [-0.2, -0.15) is 4.98 Å². The van der Waals surface area contributed by atoms with Gasteiger partial charge in [0.15, 0.2) is 5.69 Å². The second-order valence-corrected chi connectivity index (χ2v) is 5.70. The summed E-state index contributed by atoms with van der Waals surface area (Å²) in [7, 11) is 0. The Bertz CT molecular complexity index is 595. The van der Waals surface area contributed by atoms with Crippen LogP contribution in [0.15, 0.2) is 10.7 Å². The third kappa shape index (κ3) is 2.51. The van der Waals surface area contributed by atoms with Crippen molar-refractivity contribution in [3.05, 3.63) is 6.20 Å². The molecule has 0 aromatic carbocycles. The van der Waals surface area contributed by atoms with Crippen molar-refractivity contribution in [2.75, 3.05) is 31.1 Å². The number of rotatable bonds is 3. The van der Waals surface area contributed by atoms with Crippen molar-refractivity contribution in [3.63, 3.8) is 0 Å². The predicted octanol–water partition coefficient (Wildman–Crippen LogP) is 0.853. The lowest BCUT2D eigenvalue weighted by Crippen LogP contribution is -2.43. The van der Waals surface area contributed by atoms with E-state index in [1.54, 1.807) is 0 Å². The van der Waals surface area contributed by atoms with Crippen LogP contribution in [0.2, 0.25) is 0 Å². The van der Waals surface area contributed by atoms with Crippen molar-refractivity contribution in [2.24, 2.45) is 0 Å². The van der Waals surface area contributed by atoms with Crippen LogP contribution >= 0.6 is 0 Å². The fourth-order valence-corrected chi connectivity index (χ4v) is 2.73. The van der Waals surface area contributed by atoms with Gasteiger partial charge in [-0.15, -0.1) is 5.10 Å². The van der Waals surface area contributed by atoms with E-state index in [2.05, 4.69) is 30.7 Å². The molecule has 0 unspecified atom stereocenters. The van der Waals surface area contributed by atoms with Crippen LogP contribution in [0.3, 0.4) is 0 Å². The van der Waals surface area contributed by atoms with Gasteiger partial charge in [-0.1, -0.05) is 18.1 Å². The van der Waals surface area contributed by atoms with Crippen LogP contribution in [0.1, 0.15) is 31.7 Å². The highest BCUT2D eigenvalue weighted by molar-refractivity contribution is 5.47. The van der Waals surface area contributed by atoms with E-state index < -0.39 is 0 Å². The van der Waals surface area contributed by atoms with Crippen molar-refractivity contribution in [1.29, 1.82) is 0 Å². The summed E-state index contributed by atoms with van der Waals surface area (Å²) in [5.41, 5.74) is 0.649. The first-order valence-electron chi connectivity index (χ1n) is 7.62. The number of aromatic nitrogens is 5. The van der Waals surface area contributed by atoms with Gasteiger partial charge in [0.05, 0.1) is 12.2 Å². The van der Waals surface area contributed by atoms with E-state index in [1.807, 2.05) is 10.9 Å². The minimum Gasteiger partial charge on any atom is -0.338 e. The summed E-state index contributed by atoms with van der Waals surface area (Å²) in [4.78, 5) is 6.67. The maximum Gasteiger partial charge on any atom is 0.281 e. The van der Waals surface area contributed by atoms with Crippen LogP contribution in [-0.2, 0) is 0 Å². The number of hydrogen-bond acceptors (Lipinski definition) is 7. The minimum atomic E-state index is 0.388. The Morgan fingerprint density at radius 1 is 1.14 bits per heavy atom. The van der Waals surface area contributed by atoms with Crippen LogP contribution in [0.4, 0.5) is 5.95 Å². The molecule has 2 aromatic rings. The molecule has 0 bridgehead atoms. The predicted molar refractivity (Wildman–Crippen MR) is 75.9 cm³/mol. The van der Waals surface area contributed by atoms with E-state index in [0.29, 0.717) is 23.6 Å². The van der Waals surface area contributed by atoms with Gasteiger partial charge in [0, 0.05) is 26.2 Å². The van der Waals surface area contributed by atoms with Gasteiger partial charge in [0.1, 0.15) is 0 Å². The van der Waals surface area contributed by atoms with E-state index in [-0.39, 0.29) is 0 Å². The molecule has 2 aliphatic heterocycles. The largest absolute Gasteiger partial charge is 0.338 e. The van der Waals surface area contributed by atoms with Gasteiger partial charge in [0.25, 0.3) is 11.8 Å². The smallest absolute Gasteiger partial charge is 0.281 e. The molecule has 4 heterocycles. The Balaban J connectivity index is 1.51. The molecule has 0 radical (unpaired) electrons. The fourth-order valence-electron chi connectivity index (χ4n) is 2.73. The summed E-state index contributed by atoms with van der Waals surface area (Å²) in [5.74, 6) is 1.12.